The lowest BCUT2D eigenvalue weighted by atomic mass is 9.81. The molecule has 1 saturated heterocycles. The first kappa shape index (κ1) is 48.7. The first-order chi connectivity index (χ1) is 33.2. The zero-order valence-corrected chi connectivity index (χ0v) is 40.3. The predicted octanol–water partition coefficient (Wildman–Crippen LogP) is 12.8. The fourth-order valence-electron chi connectivity index (χ4n) is 10.6. The molecule has 3 aliphatic rings. The van der Waals surface area contributed by atoms with Crippen LogP contribution in [0.1, 0.15) is 120 Å². The summed E-state index contributed by atoms with van der Waals surface area (Å²) in [5, 5.41) is 11.0. The molecule has 9 nitrogen and oxygen atoms in total. The number of aryl methyl sites for hydroxylation is 4. The molecule has 9 rings (SSSR count). The number of hydrogen-bond acceptors (Lipinski definition) is 7. The molecule has 1 amide bonds. The molecule has 0 radical (unpaired) electrons. The number of benzene rings is 4. The summed E-state index contributed by atoms with van der Waals surface area (Å²) in [4.78, 5) is 60.7. The number of pyridine rings is 2. The summed E-state index contributed by atoms with van der Waals surface area (Å²) in [6.07, 6.45) is 9.00. The lowest BCUT2D eigenvalue weighted by Crippen LogP contribution is -2.44. The number of carbonyl (C=O) groups excluding carboxylic acids is 3. The molecule has 1 N–H and O–H groups in total. The van der Waals surface area contributed by atoms with Crippen molar-refractivity contribution in [2.24, 2.45) is 11.8 Å². The van der Waals surface area contributed by atoms with E-state index in [1.165, 1.54) is 17.7 Å². The molecule has 11 heteroatoms. The summed E-state index contributed by atoms with van der Waals surface area (Å²) >= 11 is 0. The number of allylic oxidation sites excluding steroid dienone is 4. The van der Waals surface area contributed by atoms with Gasteiger partial charge in [0.05, 0.1) is 30.2 Å². The van der Waals surface area contributed by atoms with Crippen LogP contribution < -0.4 is 0 Å². The van der Waals surface area contributed by atoms with E-state index < -0.39 is 5.97 Å². The summed E-state index contributed by atoms with van der Waals surface area (Å²) in [5.41, 5.74) is 12.9. The maximum Gasteiger partial charge on any atom is 0.306 e. The number of halogens is 2. The van der Waals surface area contributed by atoms with Crippen molar-refractivity contribution in [3.8, 4) is 22.3 Å². The Labute approximate surface area is 402 Å². The van der Waals surface area contributed by atoms with E-state index in [0.29, 0.717) is 110 Å². The van der Waals surface area contributed by atoms with Crippen molar-refractivity contribution < 1.29 is 37.8 Å². The molecule has 1 fully saturated rings. The SMILES string of the molecule is CCC(=O)c1cc(-c2ccccc2F)c2c(C)c(C3=CCC(C(=O)N4CCOCC4)CC3)c(C)cc2n1.CCC(=O)c1cc(-c2ccccc2F)c2c(C)c(C3=CCC(C(=O)O)CC3)c(C)cc2n1. The van der Waals surface area contributed by atoms with Gasteiger partial charge in [-0.05, 0) is 158 Å². The third-order valence-electron chi connectivity index (χ3n) is 14.1. The number of hydrogen-bond donors (Lipinski definition) is 1. The molecule has 0 bridgehead atoms. The van der Waals surface area contributed by atoms with Crippen LogP contribution >= 0.6 is 0 Å². The minimum absolute atomic E-state index is 0.00109. The Morgan fingerprint density at radius 1 is 0.638 bits per heavy atom. The predicted molar refractivity (Wildman–Crippen MR) is 268 cm³/mol. The van der Waals surface area contributed by atoms with Crippen LogP contribution in [0.25, 0.3) is 55.2 Å². The average Bonchev–Trinajstić information content (AvgIpc) is 3.36. The van der Waals surface area contributed by atoms with E-state index >= 15 is 0 Å². The molecule has 0 saturated carbocycles. The van der Waals surface area contributed by atoms with Crippen LogP contribution in [0.5, 0.6) is 0 Å². The summed E-state index contributed by atoms with van der Waals surface area (Å²) in [6, 6.07) is 20.7. The Kier molecular flexibility index (Phi) is 14.7. The maximum absolute atomic E-state index is 15.0. The number of morpholine rings is 1. The van der Waals surface area contributed by atoms with E-state index in [1.807, 2.05) is 49.9 Å². The molecule has 4 aromatic carbocycles. The van der Waals surface area contributed by atoms with Crippen molar-refractivity contribution in [2.75, 3.05) is 26.3 Å². The molecule has 3 heterocycles. The van der Waals surface area contributed by atoms with Crippen molar-refractivity contribution in [3.63, 3.8) is 0 Å². The molecule has 2 atom stereocenters. The number of ether oxygens (including phenoxy) is 1. The molecule has 6 aromatic rings. The zero-order chi connectivity index (χ0) is 49.1. The van der Waals surface area contributed by atoms with E-state index in [0.717, 1.165) is 62.6 Å². The molecule has 2 aliphatic carbocycles. The highest BCUT2D eigenvalue weighted by Gasteiger charge is 2.30. The minimum Gasteiger partial charge on any atom is -0.481 e. The topological polar surface area (TPSA) is 127 Å². The van der Waals surface area contributed by atoms with E-state index in [2.05, 4.69) is 24.9 Å². The standard InChI is InChI=1S/C31H33FN2O3.C27H26FNO3/c1-4-28(35)26-18-24(23-7-5-6-8-25(23)32)30-20(3)29(19(2)17-27(30)33-26)21-9-11-22(12-10-21)31(36)34-13-15-37-16-14-34;1-4-24(30)22-14-20(19-7-5-6-8-21(19)28)26-16(3)25(15(2)13-23(26)29-22)17-9-11-18(12-10-17)27(31)32/h5-9,17-18,22H,4,10-16H2,1-3H3;5-9,13-14,18H,4,10-12H2,1-3H3,(H,31,32). The van der Waals surface area contributed by atoms with Crippen LogP contribution in [-0.4, -0.2) is 69.7 Å². The number of carboxylic acids is 1. The third kappa shape index (κ3) is 9.93. The van der Waals surface area contributed by atoms with E-state index in [-0.39, 0.29) is 40.9 Å². The second-order valence-corrected chi connectivity index (χ2v) is 18.5. The summed E-state index contributed by atoms with van der Waals surface area (Å²) in [7, 11) is 0. The molecule has 2 unspecified atom stereocenters. The van der Waals surface area contributed by atoms with Gasteiger partial charge in [0.25, 0.3) is 0 Å². The van der Waals surface area contributed by atoms with Gasteiger partial charge in [-0.3, -0.25) is 19.2 Å². The van der Waals surface area contributed by atoms with Crippen molar-refractivity contribution >= 4 is 56.4 Å². The second-order valence-electron chi connectivity index (χ2n) is 18.5. The largest absolute Gasteiger partial charge is 0.481 e. The van der Waals surface area contributed by atoms with Gasteiger partial charge in [0, 0.05) is 53.7 Å². The number of Topliss-reactive ketones (excluding diaryl/α,β-unsaturated/α-hetero) is 2. The van der Waals surface area contributed by atoms with Gasteiger partial charge >= 0.3 is 5.97 Å². The van der Waals surface area contributed by atoms with Crippen molar-refractivity contribution in [1.82, 2.24) is 14.9 Å². The number of amides is 1. The van der Waals surface area contributed by atoms with Crippen LogP contribution in [0, 0.1) is 51.2 Å². The zero-order valence-electron chi connectivity index (χ0n) is 40.3. The molecule has 0 spiro atoms. The van der Waals surface area contributed by atoms with Gasteiger partial charge in [0.15, 0.2) is 11.6 Å². The van der Waals surface area contributed by atoms with Crippen LogP contribution in [0.2, 0.25) is 0 Å². The van der Waals surface area contributed by atoms with E-state index in [9.17, 15) is 33.1 Å². The average molecular weight is 932 g/mol. The summed E-state index contributed by atoms with van der Waals surface area (Å²) in [6.45, 7) is 14.3. The van der Waals surface area contributed by atoms with Crippen LogP contribution in [0.4, 0.5) is 8.78 Å². The van der Waals surface area contributed by atoms with Crippen LogP contribution in [-0.2, 0) is 14.3 Å². The van der Waals surface area contributed by atoms with Crippen molar-refractivity contribution in [1.29, 1.82) is 0 Å². The molecule has 356 valence electrons. The van der Waals surface area contributed by atoms with Gasteiger partial charge < -0.3 is 14.7 Å². The van der Waals surface area contributed by atoms with Crippen LogP contribution in [0.15, 0.2) is 84.9 Å². The highest BCUT2D eigenvalue weighted by atomic mass is 19.1. The van der Waals surface area contributed by atoms with E-state index in [1.54, 1.807) is 49.4 Å². The fraction of sp³-hybridized carbons (Fsp3) is 0.345. The third-order valence-corrected chi connectivity index (χ3v) is 14.1. The van der Waals surface area contributed by atoms with Gasteiger partial charge in [-0.2, -0.15) is 0 Å². The Morgan fingerprint density at radius 2 is 1.07 bits per heavy atom. The number of aliphatic carboxylic acids is 1. The number of aromatic nitrogens is 2. The smallest absolute Gasteiger partial charge is 0.306 e. The Balaban J connectivity index is 0.000000188. The fourth-order valence-corrected chi connectivity index (χ4v) is 10.6. The monoisotopic (exact) mass is 931 g/mol. The number of carbonyl (C=O) groups is 4. The van der Waals surface area contributed by atoms with Gasteiger partial charge in [-0.25, -0.2) is 18.7 Å². The summed E-state index contributed by atoms with van der Waals surface area (Å²) < 4.78 is 35.2. The molecular formula is C58H59F2N3O6. The maximum atomic E-state index is 15.0. The van der Waals surface area contributed by atoms with Gasteiger partial charge in [0.1, 0.15) is 23.0 Å². The van der Waals surface area contributed by atoms with E-state index in [4.69, 9.17) is 9.72 Å². The molecule has 69 heavy (non-hydrogen) atoms. The first-order valence-electron chi connectivity index (χ1n) is 24.1. The number of nitrogens with zero attached hydrogens (tertiary/aromatic N) is 3. The summed E-state index contributed by atoms with van der Waals surface area (Å²) in [5.74, 6) is -1.70. The molecular weight excluding hydrogens is 873 g/mol. The number of ketones is 2. The Bertz CT molecular complexity index is 3090. The number of rotatable bonds is 10. The van der Waals surface area contributed by atoms with Crippen LogP contribution in [0.3, 0.4) is 0 Å². The van der Waals surface area contributed by atoms with Gasteiger partial charge in [-0.15, -0.1) is 0 Å². The second kappa shape index (κ2) is 20.9. The van der Waals surface area contributed by atoms with Gasteiger partial charge in [-0.1, -0.05) is 62.4 Å². The minimum atomic E-state index is -0.758. The van der Waals surface area contributed by atoms with Crippen molar-refractivity contribution in [2.45, 2.75) is 92.9 Å². The highest BCUT2D eigenvalue weighted by molar-refractivity contribution is 6.06. The number of carboxylic acid groups (broad SMARTS) is 1. The molecule has 1 aliphatic heterocycles. The van der Waals surface area contributed by atoms with Gasteiger partial charge in [0.2, 0.25) is 5.91 Å². The lowest BCUT2D eigenvalue weighted by molar-refractivity contribution is -0.142. The van der Waals surface area contributed by atoms with Crippen molar-refractivity contribution in [3.05, 3.63) is 141 Å². The Morgan fingerprint density at radius 3 is 1.46 bits per heavy atom. The normalized spacial score (nSPS) is 17.2. The quantitative estimate of drug-likeness (QED) is 0.135. The highest BCUT2D eigenvalue weighted by Crippen LogP contribution is 2.43. The molecule has 2 aromatic heterocycles. The first-order valence-corrected chi connectivity index (χ1v) is 24.1. The number of fused-ring (bicyclic) bond motifs is 2. The Hall–Kier alpha value is -6.72. The lowest BCUT2D eigenvalue weighted by Gasteiger charge is -2.32.